The molecule has 2 N–H and O–H groups in total. The first kappa shape index (κ1) is 21.2. The molecule has 0 aliphatic heterocycles. The van der Waals surface area contributed by atoms with Crippen molar-refractivity contribution < 1.29 is 4.79 Å². The quantitative estimate of drug-likeness (QED) is 0.493. The summed E-state index contributed by atoms with van der Waals surface area (Å²) in [5.74, 6) is 0.751. The van der Waals surface area contributed by atoms with Gasteiger partial charge >= 0.3 is 0 Å². The van der Waals surface area contributed by atoms with Crippen molar-refractivity contribution in [3.05, 3.63) is 64.9 Å². The highest BCUT2D eigenvalue weighted by molar-refractivity contribution is 8.00. The SMILES string of the molecule is CCn1c(CNc2ccc(Cl)cc2)nnc1S[C@H](C)C(=O)Nc1ccc(C)cc1. The molecule has 29 heavy (non-hydrogen) atoms. The van der Waals surface area contributed by atoms with E-state index >= 15 is 0 Å². The first-order chi connectivity index (χ1) is 14.0. The third-order valence-electron chi connectivity index (χ3n) is 4.38. The summed E-state index contributed by atoms with van der Waals surface area (Å²) in [6.07, 6.45) is 0. The van der Waals surface area contributed by atoms with Crippen LogP contribution in [-0.2, 0) is 17.9 Å². The third-order valence-corrected chi connectivity index (χ3v) is 5.71. The topological polar surface area (TPSA) is 71.8 Å². The Hall–Kier alpha value is -2.51. The van der Waals surface area contributed by atoms with Gasteiger partial charge < -0.3 is 15.2 Å². The van der Waals surface area contributed by atoms with Gasteiger partial charge in [0.1, 0.15) is 0 Å². The minimum atomic E-state index is -0.303. The molecule has 1 aromatic heterocycles. The Bertz CT molecular complexity index is 956. The Labute approximate surface area is 180 Å². The number of hydrogen-bond acceptors (Lipinski definition) is 5. The second-order valence-electron chi connectivity index (χ2n) is 6.62. The first-order valence-electron chi connectivity index (χ1n) is 9.42. The van der Waals surface area contributed by atoms with Gasteiger partial charge in [-0.25, -0.2) is 0 Å². The average Bonchev–Trinajstić information content (AvgIpc) is 3.10. The smallest absolute Gasteiger partial charge is 0.237 e. The maximum atomic E-state index is 12.5. The highest BCUT2D eigenvalue weighted by Crippen LogP contribution is 2.24. The van der Waals surface area contributed by atoms with Gasteiger partial charge in [0.05, 0.1) is 11.8 Å². The third kappa shape index (κ3) is 5.74. The van der Waals surface area contributed by atoms with Crippen LogP contribution in [0.3, 0.4) is 0 Å². The standard InChI is InChI=1S/C21H24ClN5OS/c1-4-27-19(13-23-17-11-7-16(22)8-12-17)25-26-21(27)29-15(3)20(28)24-18-9-5-14(2)6-10-18/h5-12,15,23H,4,13H2,1-3H3,(H,24,28)/t15-/m1/s1. The van der Waals surface area contributed by atoms with Crippen LogP contribution in [0.4, 0.5) is 11.4 Å². The number of rotatable bonds is 8. The molecule has 0 aliphatic rings. The Morgan fingerprint density at radius 1 is 1.10 bits per heavy atom. The number of hydrogen-bond donors (Lipinski definition) is 2. The molecular weight excluding hydrogens is 406 g/mol. The van der Waals surface area contributed by atoms with Crippen molar-refractivity contribution in [2.75, 3.05) is 10.6 Å². The predicted octanol–water partition coefficient (Wildman–Crippen LogP) is 4.99. The number of aromatic nitrogens is 3. The molecule has 0 fully saturated rings. The van der Waals surface area contributed by atoms with E-state index in [1.807, 2.05) is 73.9 Å². The minimum absolute atomic E-state index is 0.0645. The van der Waals surface area contributed by atoms with Crippen LogP contribution in [0.25, 0.3) is 0 Å². The maximum absolute atomic E-state index is 12.5. The summed E-state index contributed by atoms with van der Waals surface area (Å²) in [5.41, 5.74) is 2.90. The number of nitrogens with one attached hydrogen (secondary N) is 2. The monoisotopic (exact) mass is 429 g/mol. The number of thioether (sulfide) groups is 1. The molecule has 0 saturated heterocycles. The molecule has 1 heterocycles. The summed E-state index contributed by atoms with van der Waals surface area (Å²) < 4.78 is 2.02. The van der Waals surface area contributed by atoms with Crippen LogP contribution >= 0.6 is 23.4 Å². The van der Waals surface area contributed by atoms with Crippen molar-refractivity contribution in [2.45, 2.75) is 44.3 Å². The number of halogens is 1. The molecular formula is C21H24ClN5OS. The number of amides is 1. The van der Waals surface area contributed by atoms with E-state index in [9.17, 15) is 4.79 Å². The zero-order valence-electron chi connectivity index (χ0n) is 16.6. The van der Waals surface area contributed by atoms with Crippen LogP contribution in [0.1, 0.15) is 25.2 Å². The minimum Gasteiger partial charge on any atom is -0.378 e. The molecule has 1 atom stereocenters. The van der Waals surface area contributed by atoms with Crippen LogP contribution in [0, 0.1) is 6.92 Å². The number of carbonyl (C=O) groups excluding carboxylic acids is 1. The lowest BCUT2D eigenvalue weighted by Crippen LogP contribution is -2.23. The summed E-state index contributed by atoms with van der Waals surface area (Å²) in [5, 5.41) is 16.0. The van der Waals surface area contributed by atoms with E-state index in [0.29, 0.717) is 11.6 Å². The molecule has 6 nitrogen and oxygen atoms in total. The van der Waals surface area contributed by atoms with Gasteiger partial charge in [0.15, 0.2) is 11.0 Å². The summed E-state index contributed by atoms with van der Waals surface area (Å²) >= 11 is 7.32. The van der Waals surface area contributed by atoms with E-state index in [1.165, 1.54) is 11.8 Å². The lowest BCUT2D eigenvalue weighted by atomic mass is 10.2. The molecule has 0 aliphatic carbocycles. The Kier molecular flexibility index (Phi) is 7.17. The van der Waals surface area contributed by atoms with E-state index < -0.39 is 0 Å². The van der Waals surface area contributed by atoms with Crippen molar-refractivity contribution in [2.24, 2.45) is 0 Å². The summed E-state index contributed by atoms with van der Waals surface area (Å²) in [6.45, 7) is 7.18. The zero-order valence-corrected chi connectivity index (χ0v) is 18.2. The van der Waals surface area contributed by atoms with E-state index in [-0.39, 0.29) is 11.2 Å². The van der Waals surface area contributed by atoms with Crippen molar-refractivity contribution >= 4 is 40.6 Å². The van der Waals surface area contributed by atoms with E-state index in [4.69, 9.17) is 11.6 Å². The van der Waals surface area contributed by atoms with Crippen LogP contribution < -0.4 is 10.6 Å². The van der Waals surface area contributed by atoms with Crippen LogP contribution in [-0.4, -0.2) is 25.9 Å². The van der Waals surface area contributed by atoms with Crippen molar-refractivity contribution in [3.8, 4) is 0 Å². The molecule has 3 rings (SSSR count). The van der Waals surface area contributed by atoms with Crippen LogP contribution in [0.5, 0.6) is 0 Å². The molecule has 0 spiro atoms. The number of carbonyl (C=O) groups is 1. The van der Waals surface area contributed by atoms with Crippen LogP contribution in [0.15, 0.2) is 53.7 Å². The van der Waals surface area contributed by atoms with E-state index in [1.54, 1.807) is 0 Å². The lowest BCUT2D eigenvalue weighted by Gasteiger charge is -2.13. The van der Waals surface area contributed by atoms with Gasteiger partial charge in [-0.1, -0.05) is 41.1 Å². The van der Waals surface area contributed by atoms with Crippen molar-refractivity contribution in [3.63, 3.8) is 0 Å². The fourth-order valence-corrected chi connectivity index (χ4v) is 3.75. The number of aryl methyl sites for hydroxylation is 1. The predicted molar refractivity (Wildman–Crippen MR) is 120 cm³/mol. The van der Waals surface area contributed by atoms with Gasteiger partial charge in [-0.05, 0) is 57.2 Å². The van der Waals surface area contributed by atoms with Gasteiger partial charge in [0, 0.05) is 22.9 Å². The summed E-state index contributed by atoms with van der Waals surface area (Å²) in [4.78, 5) is 12.5. The molecule has 0 radical (unpaired) electrons. The first-order valence-corrected chi connectivity index (χ1v) is 10.7. The maximum Gasteiger partial charge on any atom is 0.237 e. The van der Waals surface area contributed by atoms with Crippen molar-refractivity contribution in [1.29, 1.82) is 0 Å². The van der Waals surface area contributed by atoms with Gasteiger partial charge in [0.2, 0.25) is 5.91 Å². The molecule has 1 amide bonds. The molecule has 152 valence electrons. The number of nitrogens with zero attached hydrogens (tertiary/aromatic N) is 3. The number of benzene rings is 2. The normalized spacial score (nSPS) is 11.9. The zero-order chi connectivity index (χ0) is 20.8. The van der Waals surface area contributed by atoms with Crippen molar-refractivity contribution in [1.82, 2.24) is 14.8 Å². The molecule has 0 saturated carbocycles. The molecule has 3 aromatic rings. The fraction of sp³-hybridized carbons (Fsp3) is 0.286. The van der Waals surface area contributed by atoms with Gasteiger partial charge in [-0.2, -0.15) is 0 Å². The Morgan fingerprint density at radius 3 is 2.41 bits per heavy atom. The largest absolute Gasteiger partial charge is 0.378 e. The summed E-state index contributed by atoms with van der Waals surface area (Å²) in [6, 6.07) is 15.3. The van der Waals surface area contributed by atoms with Gasteiger partial charge in [-0.3, -0.25) is 4.79 Å². The average molecular weight is 430 g/mol. The second kappa shape index (κ2) is 9.80. The Balaban J connectivity index is 1.61. The van der Waals surface area contributed by atoms with Gasteiger partial charge in [-0.15, -0.1) is 10.2 Å². The fourth-order valence-electron chi connectivity index (χ4n) is 2.70. The Morgan fingerprint density at radius 2 is 1.76 bits per heavy atom. The molecule has 8 heteroatoms. The highest BCUT2D eigenvalue weighted by Gasteiger charge is 2.19. The lowest BCUT2D eigenvalue weighted by molar-refractivity contribution is -0.115. The molecule has 0 bridgehead atoms. The summed E-state index contributed by atoms with van der Waals surface area (Å²) in [7, 11) is 0. The van der Waals surface area contributed by atoms with Crippen LogP contribution in [0.2, 0.25) is 5.02 Å². The second-order valence-corrected chi connectivity index (χ2v) is 8.36. The highest BCUT2D eigenvalue weighted by atomic mass is 35.5. The molecule has 2 aromatic carbocycles. The van der Waals surface area contributed by atoms with Gasteiger partial charge in [0.25, 0.3) is 0 Å². The molecule has 0 unspecified atom stereocenters. The van der Waals surface area contributed by atoms with E-state index in [0.717, 1.165) is 34.5 Å². The van der Waals surface area contributed by atoms with E-state index in [2.05, 4.69) is 20.8 Å². The number of anilines is 2.